The number of aliphatic hydroxyl groups is 1. The van der Waals surface area contributed by atoms with Crippen molar-refractivity contribution >= 4 is 11.8 Å². The zero-order chi connectivity index (χ0) is 13.3. The Hall–Kier alpha value is -2.12. The first kappa shape index (κ1) is 12.3. The third kappa shape index (κ3) is 1.89. The van der Waals surface area contributed by atoms with Crippen LogP contribution in [0.25, 0.3) is 6.08 Å². The summed E-state index contributed by atoms with van der Waals surface area (Å²) in [4.78, 5) is 10.5. The van der Waals surface area contributed by atoms with Gasteiger partial charge in [-0.3, -0.25) is 10.1 Å². The van der Waals surface area contributed by atoms with Crippen molar-refractivity contribution in [2.75, 3.05) is 0 Å². The van der Waals surface area contributed by atoms with Gasteiger partial charge < -0.3 is 5.11 Å². The van der Waals surface area contributed by atoms with Gasteiger partial charge in [0.15, 0.2) is 0 Å². The molecule has 4 nitrogen and oxygen atoms in total. The molecule has 1 aromatic carbocycles. The van der Waals surface area contributed by atoms with Gasteiger partial charge in [0, 0.05) is 18.4 Å². The third-order valence-corrected chi connectivity index (χ3v) is 3.22. The lowest BCUT2D eigenvalue weighted by Gasteiger charge is -2.19. The van der Waals surface area contributed by atoms with Crippen LogP contribution in [-0.2, 0) is 0 Å². The van der Waals surface area contributed by atoms with Crippen LogP contribution in [0.2, 0.25) is 0 Å². The molecule has 0 radical (unpaired) electrons. The van der Waals surface area contributed by atoms with E-state index in [-0.39, 0.29) is 18.0 Å². The van der Waals surface area contributed by atoms with Crippen molar-refractivity contribution in [2.24, 2.45) is 0 Å². The monoisotopic (exact) mass is 243 g/mol. The van der Waals surface area contributed by atoms with Gasteiger partial charge in [-0.15, -0.1) is 12.3 Å². The molecule has 1 N–H and O–H groups in total. The zero-order valence-electron chi connectivity index (χ0n) is 9.96. The molecule has 0 fully saturated rings. The summed E-state index contributed by atoms with van der Waals surface area (Å²) in [6.07, 6.45) is 6.50. The quantitative estimate of drug-likeness (QED) is 0.504. The molecule has 0 bridgehead atoms. The largest absolute Gasteiger partial charge is 0.391 e. The maximum absolute atomic E-state index is 11.0. The topological polar surface area (TPSA) is 63.4 Å². The van der Waals surface area contributed by atoms with Crippen LogP contribution in [0.15, 0.2) is 23.8 Å². The van der Waals surface area contributed by atoms with Crippen LogP contribution in [0.4, 0.5) is 5.69 Å². The first-order chi connectivity index (χ1) is 8.56. The van der Waals surface area contributed by atoms with E-state index in [0.717, 1.165) is 11.1 Å². The molecular formula is C14H13NO3. The van der Waals surface area contributed by atoms with Crippen LogP contribution in [-0.4, -0.2) is 16.1 Å². The van der Waals surface area contributed by atoms with Crippen LogP contribution in [0, 0.1) is 22.5 Å². The van der Waals surface area contributed by atoms with E-state index in [1.807, 2.05) is 6.92 Å². The number of hydrogen-bond donors (Lipinski definition) is 1. The minimum atomic E-state index is -0.700. The fourth-order valence-corrected chi connectivity index (χ4v) is 2.47. The standard InChI is InChI=1S/C14H13NO3/c1-3-5-13(16)14-9(2)8-11-10(14)6-4-7-12(11)15(17)18/h1,4,6-8,13-14,16H,5H2,2H3. The van der Waals surface area contributed by atoms with E-state index in [9.17, 15) is 15.2 Å². The average Bonchev–Trinajstić information content (AvgIpc) is 2.64. The maximum atomic E-state index is 11.0. The molecule has 2 unspecified atom stereocenters. The summed E-state index contributed by atoms with van der Waals surface area (Å²) in [6.45, 7) is 1.86. The summed E-state index contributed by atoms with van der Waals surface area (Å²) in [6, 6.07) is 4.91. The molecule has 0 aromatic heterocycles. The van der Waals surface area contributed by atoms with E-state index in [2.05, 4.69) is 5.92 Å². The molecule has 0 saturated heterocycles. The smallest absolute Gasteiger partial charge is 0.276 e. The summed E-state index contributed by atoms with van der Waals surface area (Å²) in [5, 5.41) is 21.0. The summed E-state index contributed by atoms with van der Waals surface area (Å²) in [7, 11) is 0. The van der Waals surface area contributed by atoms with Gasteiger partial charge in [0.1, 0.15) is 0 Å². The van der Waals surface area contributed by atoms with E-state index >= 15 is 0 Å². The Morgan fingerprint density at radius 2 is 2.33 bits per heavy atom. The summed E-state index contributed by atoms with van der Waals surface area (Å²) in [5.41, 5.74) is 2.34. The summed E-state index contributed by atoms with van der Waals surface area (Å²) >= 11 is 0. The third-order valence-electron chi connectivity index (χ3n) is 3.22. The molecule has 1 aliphatic rings. The Bertz CT molecular complexity index is 569. The van der Waals surface area contributed by atoms with E-state index in [4.69, 9.17) is 6.42 Å². The molecule has 1 aromatic rings. The van der Waals surface area contributed by atoms with Crippen LogP contribution in [0.5, 0.6) is 0 Å². The molecule has 18 heavy (non-hydrogen) atoms. The lowest BCUT2D eigenvalue weighted by Crippen LogP contribution is -2.17. The molecular weight excluding hydrogens is 230 g/mol. The molecule has 2 atom stereocenters. The summed E-state index contributed by atoms with van der Waals surface area (Å²) < 4.78 is 0. The number of benzene rings is 1. The highest BCUT2D eigenvalue weighted by molar-refractivity contribution is 5.73. The summed E-state index contributed by atoms with van der Waals surface area (Å²) in [5.74, 6) is 2.18. The molecule has 2 rings (SSSR count). The van der Waals surface area contributed by atoms with Gasteiger partial charge in [0.2, 0.25) is 0 Å². The minimum absolute atomic E-state index is 0.0715. The molecule has 92 valence electrons. The average molecular weight is 243 g/mol. The number of rotatable bonds is 3. The Labute approximate surface area is 105 Å². The van der Waals surface area contributed by atoms with E-state index in [1.165, 1.54) is 6.07 Å². The predicted octanol–water partition coefficient (Wildman–Crippen LogP) is 2.48. The number of aliphatic hydroxyl groups excluding tert-OH is 1. The van der Waals surface area contributed by atoms with Gasteiger partial charge in [0.05, 0.1) is 16.6 Å². The number of nitro benzene ring substituents is 1. The first-order valence-corrected chi connectivity index (χ1v) is 5.63. The highest BCUT2D eigenvalue weighted by Gasteiger charge is 2.32. The van der Waals surface area contributed by atoms with E-state index in [1.54, 1.807) is 18.2 Å². The molecule has 0 heterocycles. The fourth-order valence-electron chi connectivity index (χ4n) is 2.47. The maximum Gasteiger partial charge on any atom is 0.276 e. The van der Waals surface area contributed by atoms with Crippen molar-refractivity contribution in [1.29, 1.82) is 0 Å². The molecule has 4 heteroatoms. The number of fused-ring (bicyclic) bond motifs is 1. The Morgan fingerprint density at radius 3 is 2.94 bits per heavy atom. The van der Waals surface area contributed by atoms with Gasteiger partial charge in [-0.2, -0.15) is 0 Å². The van der Waals surface area contributed by atoms with Gasteiger partial charge in [-0.1, -0.05) is 17.7 Å². The van der Waals surface area contributed by atoms with Gasteiger partial charge in [-0.25, -0.2) is 0 Å². The molecule has 0 saturated carbocycles. The molecule has 0 aliphatic heterocycles. The lowest BCUT2D eigenvalue weighted by atomic mass is 9.89. The fraction of sp³-hybridized carbons (Fsp3) is 0.286. The Morgan fingerprint density at radius 1 is 1.61 bits per heavy atom. The van der Waals surface area contributed by atoms with E-state index < -0.39 is 11.0 Å². The van der Waals surface area contributed by atoms with Crippen LogP contribution >= 0.6 is 0 Å². The molecule has 0 spiro atoms. The van der Waals surface area contributed by atoms with Crippen LogP contribution < -0.4 is 0 Å². The lowest BCUT2D eigenvalue weighted by molar-refractivity contribution is -0.385. The van der Waals surface area contributed by atoms with Crippen molar-refractivity contribution in [3.05, 3.63) is 45.0 Å². The van der Waals surface area contributed by atoms with Crippen LogP contribution in [0.3, 0.4) is 0 Å². The van der Waals surface area contributed by atoms with Crippen molar-refractivity contribution in [1.82, 2.24) is 0 Å². The number of nitrogens with zero attached hydrogens (tertiary/aromatic N) is 1. The number of hydrogen-bond acceptors (Lipinski definition) is 3. The second kappa shape index (κ2) is 4.63. The Balaban J connectivity index is 2.50. The Kier molecular flexibility index (Phi) is 3.17. The minimum Gasteiger partial charge on any atom is -0.391 e. The van der Waals surface area contributed by atoms with Crippen molar-refractivity contribution in [2.45, 2.75) is 25.4 Å². The van der Waals surface area contributed by atoms with Crippen LogP contribution in [0.1, 0.15) is 30.4 Å². The van der Waals surface area contributed by atoms with Gasteiger partial charge in [-0.05, 0) is 18.6 Å². The SMILES string of the molecule is C#CCC(O)C1C(C)=Cc2c1cccc2[N+](=O)[O-]. The first-order valence-electron chi connectivity index (χ1n) is 5.63. The zero-order valence-corrected chi connectivity index (χ0v) is 9.96. The molecule has 0 amide bonds. The van der Waals surface area contributed by atoms with Gasteiger partial charge in [0.25, 0.3) is 5.69 Å². The normalized spacial score (nSPS) is 18.7. The van der Waals surface area contributed by atoms with Crippen molar-refractivity contribution in [3.8, 4) is 12.3 Å². The second-order valence-corrected chi connectivity index (χ2v) is 4.38. The number of terminal acetylenes is 1. The van der Waals surface area contributed by atoms with Crippen molar-refractivity contribution in [3.63, 3.8) is 0 Å². The number of nitro groups is 1. The predicted molar refractivity (Wildman–Crippen MR) is 68.9 cm³/mol. The van der Waals surface area contributed by atoms with E-state index in [0.29, 0.717) is 5.56 Å². The van der Waals surface area contributed by atoms with Crippen molar-refractivity contribution < 1.29 is 10.0 Å². The van der Waals surface area contributed by atoms with Gasteiger partial charge >= 0.3 is 0 Å². The molecule has 1 aliphatic carbocycles. The second-order valence-electron chi connectivity index (χ2n) is 4.38. The highest BCUT2D eigenvalue weighted by Crippen LogP contribution is 2.42. The highest BCUT2D eigenvalue weighted by atomic mass is 16.6.